The molecule has 3 fully saturated rings. The number of ether oxygens (including phenoxy) is 1. The first-order valence-electron chi connectivity index (χ1n) is 9.78. The van der Waals surface area contributed by atoms with Gasteiger partial charge in [-0.3, -0.25) is 0 Å². The van der Waals surface area contributed by atoms with Gasteiger partial charge in [0, 0.05) is 50.7 Å². The molecule has 4 aliphatic rings. The van der Waals surface area contributed by atoms with Crippen LogP contribution in [0.5, 0.6) is 0 Å². The zero-order valence-corrected chi connectivity index (χ0v) is 16.8. The standard InChI is InChI=1S/C20H32N4O2/c1-19(2,3)23-10-11-24(18(23)25)20-13-15(20)12-17(26-5)16(14-20)22-8-6-21(4)7-9-22/h12,14-15H,6-11,13H2,1-5H3. The van der Waals surface area contributed by atoms with Gasteiger partial charge in [0.15, 0.2) is 0 Å². The quantitative estimate of drug-likeness (QED) is 0.771. The Bertz CT molecular complexity index is 657. The number of fused-ring (bicyclic) bond motifs is 1. The van der Waals surface area contributed by atoms with Crippen LogP contribution in [0.1, 0.15) is 27.2 Å². The van der Waals surface area contributed by atoms with Crippen molar-refractivity contribution < 1.29 is 9.53 Å². The zero-order valence-electron chi connectivity index (χ0n) is 16.8. The van der Waals surface area contributed by atoms with Crippen molar-refractivity contribution in [3.8, 4) is 0 Å². The molecule has 1 saturated carbocycles. The summed E-state index contributed by atoms with van der Waals surface area (Å²) in [7, 11) is 3.93. The van der Waals surface area contributed by atoms with Crippen LogP contribution in [-0.4, -0.2) is 90.1 Å². The Morgan fingerprint density at radius 3 is 2.38 bits per heavy atom. The van der Waals surface area contributed by atoms with Crippen molar-refractivity contribution in [1.82, 2.24) is 19.6 Å². The third kappa shape index (κ3) is 2.70. The number of rotatable bonds is 3. The van der Waals surface area contributed by atoms with Crippen LogP contribution in [-0.2, 0) is 4.74 Å². The Morgan fingerprint density at radius 2 is 1.81 bits per heavy atom. The summed E-state index contributed by atoms with van der Waals surface area (Å²) in [5, 5.41) is 0. The topological polar surface area (TPSA) is 39.3 Å². The third-order valence-electron chi connectivity index (χ3n) is 6.41. The number of hydrogen-bond acceptors (Lipinski definition) is 4. The molecule has 0 radical (unpaired) electrons. The molecule has 0 aromatic rings. The lowest BCUT2D eigenvalue weighted by Crippen LogP contribution is -2.49. The molecule has 2 saturated heterocycles. The SMILES string of the molecule is COC1=CC2CC2(N2CCN(C(C)(C)C)C2=O)C=C1N1CCN(C)CC1. The van der Waals surface area contributed by atoms with E-state index in [2.05, 4.69) is 54.7 Å². The van der Waals surface area contributed by atoms with Gasteiger partial charge in [0.1, 0.15) is 5.76 Å². The van der Waals surface area contributed by atoms with Gasteiger partial charge in [-0.25, -0.2) is 4.79 Å². The first-order chi connectivity index (χ1) is 12.3. The Balaban J connectivity index is 1.60. The van der Waals surface area contributed by atoms with Gasteiger partial charge in [0.2, 0.25) is 0 Å². The second-order valence-electron chi connectivity index (χ2n) is 9.11. The summed E-state index contributed by atoms with van der Waals surface area (Å²) in [6.45, 7) is 12.1. The summed E-state index contributed by atoms with van der Waals surface area (Å²) < 4.78 is 5.71. The van der Waals surface area contributed by atoms with E-state index in [1.165, 1.54) is 5.70 Å². The van der Waals surface area contributed by atoms with E-state index in [1.54, 1.807) is 7.11 Å². The monoisotopic (exact) mass is 360 g/mol. The van der Waals surface area contributed by atoms with Crippen molar-refractivity contribution in [3.63, 3.8) is 0 Å². The van der Waals surface area contributed by atoms with Crippen molar-refractivity contribution in [1.29, 1.82) is 0 Å². The Kier molecular flexibility index (Phi) is 4.03. The average molecular weight is 361 g/mol. The number of hydrogen-bond donors (Lipinski definition) is 0. The molecule has 4 rings (SSSR count). The molecule has 6 heteroatoms. The molecule has 26 heavy (non-hydrogen) atoms. The number of carbonyl (C=O) groups excluding carboxylic acids is 1. The lowest BCUT2D eigenvalue weighted by atomic mass is 10.0. The Labute approximate surface area is 157 Å². The van der Waals surface area contributed by atoms with Gasteiger partial charge in [-0.1, -0.05) is 0 Å². The van der Waals surface area contributed by atoms with E-state index in [0.717, 1.165) is 51.4 Å². The minimum absolute atomic E-state index is 0.126. The summed E-state index contributed by atoms with van der Waals surface area (Å²) in [5.74, 6) is 1.37. The summed E-state index contributed by atoms with van der Waals surface area (Å²) in [6.07, 6.45) is 5.60. The first-order valence-corrected chi connectivity index (χ1v) is 9.78. The fraction of sp³-hybridized carbons (Fsp3) is 0.750. The van der Waals surface area contributed by atoms with Gasteiger partial charge in [0.25, 0.3) is 0 Å². The van der Waals surface area contributed by atoms with Crippen LogP contribution in [0.4, 0.5) is 4.79 Å². The van der Waals surface area contributed by atoms with E-state index in [4.69, 9.17) is 4.74 Å². The summed E-state index contributed by atoms with van der Waals surface area (Å²) in [6, 6.07) is 0.184. The second-order valence-corrected chi connectivity index (χ2v) is 9.11. The number of carbonyl (C=O) groups is 1. The van der Waals surface area contributed by atoms with E-state index in [0.29, 0.717) is 5.92 Å². The lowest BCUT2D eigenvalue weighted by molar-refractivity contribution is 0.144. The maximum absolute atomic E-state index is 13.1. The molecule has 6 nitrogen and oxygen atoms in total. The van der Waals surface area contributed by atoms with Crippen molar-refractivity contribution in [3.05, 3.63) is 23.6 Å². The normalized spacial score (nSPS) is 32.4. The fourth-order valence-electron chi connectivity index (χ4n) is 4.64. The molecule has 0 bridgehead atoms. The van der Waals surface area contributed by atoms with Crippen LogP contribution in [0.2, 0.25) is 0 Å². The van der Waals surface area contributed by atoms with Gasteiger partial charge in [-0.2, -0.15) is 0 Å². The molecule has 2 amide bonds. The van der Waals surface area contributed by atoms with Crippen molar-refractivity contribution in [2.24, 2.45) is 5.92 Å². The molecule has 2 aliphatic heterocycles. The largest absolute Gasteiger partial charge is 0.495 e. The predicted molar refractivity (Wildman–Crippen MR) is 102 cm³/mol. The summed E-state index contributed by atoms with van der Waals surface area (Å²) >= 11 is 0. The molecule has 0 spiro atoms. The minimum atomic E-state index is -0.141. The number of methoxy groups -OCH3 is 1. The van der Waals surface area contributed by atoms with Crippen molar-refractivity contribution in [2.75, 3.05) is 53.4 Å². The van der Waals surface area contributed by atoms with Crippen LogP contribution in [0.25, 0.3) is 0 Å². The molecular weight excluding hydrogens is 328 g/mol. The molecule has 0 aromatic carbocycles. The highest BCUT2D eigenvalue weighted by Gasteiger charge is 2.62. The van der Waals surface area contributed by atoms with Gasteiger partial charge in [-0.15, -0.1) is 0 Å². The molecule has 2 atom stereocenters. The van der Waals surface area contributed by atoms with Gasteiger partial charge in [0.05, 0.1) is 18.3 Å². The van der Waals surface area contributed by atoms with Crippen molar-refractivity contribution >= 4 is 6.03 Å². The maximum Gasteiger partial charge on any atom is 0.321 e. The number of nitrogens with zero attached hydrogens (tertiary/aromatic N) is 4. The second kappa shape index (κ2) is 5.91. The third-order valence-corrected chi connectivity index (χ3v) is 6.41. The Morgan fingerprint density at radius 1 is 1.12 bits per heavy atom. The van der Waals surface area contributed by atoms with Gasteiger partial charge in [-0.05, 0) is 46.4 Å². The highest BCUT2D eigenvalue weighted by molar-refractivity contribution is 5.80. The van der Waals surface area contributed by atoms with Crippen LogP contribution in [0.3, 0.4) is 0 Å². The Hall–Kier alpha value is -1.69. The molecule has 2 heterocycles. The highest BCUT2D eigenvalue weighted by atomic mass is 16.5. The number of piperazine rings is 1. The predicted octanol–water partition coefficient (Wildman–Crippen LogP) is 1.96. The molecule has 2 aliphatic carbocycles. The number of urea groups is 1. The molecule has 144 valence electrons. The first kappa shape index (κ1) is 17.7. The van der Waals surface area contributed by atoms with Crippen LogP contribution < -0.4 is 0 Å². The van der Waals surface area contributed by atoms with Crippen molar-refractivity contribution in [2.45, 2.75) is 38.3 Å². The molecule has 2 unspecified atom stereocenters. The summed E-state index contributed by atoms with van der Waals surface area (Å²) in [4.78, 5) is 22.0. The minimum Gasteiger partial charge on any atom is -0.495 e. The van der Waals surface area contributed by atoms with E-state index in [-0.39, 0.29) is 17.1 Å². The smallest absolute Gasteiger partial charge is 0.321 e. The summed E-state index contributed by atoms with van der Waals surface area (Å²) in [5.41, 5.74) is 0.910. The maximum atomic E-state index is 13.1. The molecule has 0 aromatic heterocycles. The van der Waals surface area contributed by atoms with E-state index < -0.39 is 0 Å². The fourth-order valence-corrected chi connectivity index (χ4v) is 4.64. The van der Waals surface area contributed by atoms with Crippen LogP contribution >= 0.6 is 0 Å². The highest BCUT2D eigenvalue weighted by Crippen LogP contribution is 2.56. The van der Waals surface area contributed by atoms with Gasteiger partial charge < -0.3 is 24.3 Å². The lowest BCUT2D eigenvalue weighted by Gasteiger charge is -2.39. The van der Waals surface area contributed by atoms with Crippen LogP contribution in [0, 0.1) is 5.92 Å². The molecule has 0 N–H and O–H groups in total. The zero-order chi connectivity index (χ0) is 18.7. The van der Waals surface area contributed by atoms with Gasteiger partial charge >= 0.3 is 6.03 Å². The van der Waals surface area contributed by atoms with E-state index in [1.807, 2.05) is 4.90 Å². The van der Waals surface area contributed by atoms with Crippen LogP contribution in [0.15, 0.2) is 23.6 Å². The van der Waals surface area contributed by atoms with E-state index >= 15 is 0 Å². The van der Waals surface area contributed by atoms with E-state index in [9.17, 15) is 4.79 Å². The molecular formula is C20H32N4O2. The average Bonchev–Trinajstić information content (AvgIpc) is 3.16. The number of amides is 2. The number of likely N-dealkylation sites (N-methyl/N-ethyl adjacent to an activating group) is 1.